The van der Waals surface area contributed by atoms with Crippen LogP contribution < -0.4 is 16.0 Å². The highest BCUT2D eigenvalue weighted by atomic mass is 35.5. The highest BCUT2D eigenvalue weighted by Crippen LogP contribution is 2.34. The van der Waals surface area contributed by atoms with Crippen LogP contribution in [0.5, 0.6) is 0 Å². The van der Waals surface area contributed by atoms with Crippen LogP contribution in [-0.2, 0) is 4.79 Å². The molecule has 4 nitrogen and oxygen atoms in total. The molecule has 0 saturated carbocycles. The van der Waals surface area contributed by atoms with Crippen molar-refractivity contribution in [3.05, 3.63) is 74.4 Å². The Bertz CT molecular complexity index is 972. The van der Waals surface area contributed by atoms with Gasteiger partial charge in [0.25, 0.3) is 5.91 Å². The van der Waals surface area contributed by atoms with Gasteiger partial charge in [-0.05, 0) is 67.9 Å². The van der Waals surface area contributed by atoms with E-state index in [9.17, 15) is 4.79 Å². The largest absolute Gasteiger partial charge is 0.351 e. The lowest BCUT2D eigenvalue weighted by molar-refractivity contribution is -0.113. The number of hydrogen-bond acceptors (Lipinski definition) is 2. The zero-order valence-electron chi connectivity index (χ0n) is 15.1. The number of amides is 1. The fourth-order valence-corrected chi connectivity index (χ4v) is 3.81. The molecule has 0 spiro atoms. The van der Waals surface area contributed by atoms with Gasteiger partial charge in [0.2, 0.25) is 0 Å². The van der Waals surface area contributed by atoms with E-state index in [0.717, 1.165) is 22.4 Å². The standard InChI is InChI=1S/C20H19Cl2N3OS/c1-10-4-5-11(2)16(8-10)24-19(26)17-12(3)23-20(27)25-18(17)14-7-6-13(21)9-15(14)22/h4-9,18H,1-3H3,(H,24,26)(H2,23,25,27)/t18-/m0/s1. The second-order valence-corrected chi connectivity index (χ2v) is 7.76. The summed E-state index contributed by atoms with van der Waals surface area (Å²) in [6, 6.07) is 10.6. The van der Waals surface area contributed by atoms with Crippen molar-refractivity contribution in [3.63, 3.8) is 0 Å². The van der Waals surface area contributed by atoms with Gasteiger partial charge in [-0.3, -0.25) is 4.79 Å². The van der Waals surface area contributed by atoms with Gasteiger partial charge in [0.05, 0.1) is 11.6 Å². The summed E-state index contributed by atoms with van der Waals surface area (Å²) in [7, 11) is 0. The molecule has 2 aromatic rings. The van der Waals surface area contributed by atoms with Crippen molar-refractivity contribution in [2.45, 2.75) is 26.8 Å². The second-order valence-electron chi connectivity index (χ2n) is 6.51. The molecule has 1 heterocycles. The topological polar surface area (TPSA) is 53.2 Å². The Morgan fingerprint density at radius 1 is 1.11 bits per heavy atom. The van der Waals surface area contributed by atoms with E-state index in [0.29, 0.717) is 26.4 Å². The minimum absolute atomic E-state index is 0.222. The third-order valence-electron chi connectivity index (χ3n) is 4.43. The monoisotopic (exact) mass is 419 g/mol. The molecule has 27 heavy (non-hydrogen) atoms. The Morgan fingerprint density at radius 2 is 1.85 bits per heavy atom. The molecule has 1 atom stereocenters. The Labute approximate surface area is 173 Å². The maximum absolute atomic E-state index is 13.1. The minimum Gasteiger partial charge on any atom is -0.351 e. The fraction of sp³-hybridized carbons (Fsp3) is 0.200. The summed E-state index contributed by atoms with van der Waals surface area (Å²) in [5.41, 5.74) is 4.76. The number of allylic oxidation sites excluding steroid dienone is 1. The summed E-state index contributed by atoms with van der Waals surface area (Å²) in [6.07, 6.45) is 0. The van der Waals surface area contributed by atoms with E-state index in [-0.39, 0.29) is 5.91 Å². The Hall–Kier alpha value is -2.08. The summed E-state index contributed by atoms with van der Waals surface area (Å²) in [4.78, 5) is 13.1. The average Bonchev–Trinajstić information content (AvgIpc) is 2.57. The van der Waals surface area contributed by atoms with Crippen LogP contribution >= 0.6 is 35.4 Å². The third kappa shape index (κ3) is 4.26. The van der Waals surface area contributed by atoms with Crippen molar-refractivity contribution >= 4 is 52.1 Å². The van der Waals surface area contributed by atoms with E-state index in [4.69, 9.17) is 35.4 Å². The molecule has 3 N–H and O–H groups in total. The molecule has 7 heteroatoms. The number of thiocarbonyl (C=S) groups is 1. The summed E-state index contributed by atoms with van der Waals surface area (Å²) in [5.74, 6) is -0.222. The molecule has 2 aromatic carbocycles. The van der Waals surface area contributed by atoms with Crippen LogP contribution in [0.25, 0.3) is 0 Å². The van der Waals surface area contributed by atoms with Gasteiger partial charge in [0, 0.05) is 21.4 Å². The fourth-order valence-electron chi connectivity index (χ4n) is 3.02. The molecule has 1 aliphatic rings. The van der Waals surface area contributed by atoms with Gasteiger partial charge in [0.15, 0.2) is 5.11 Å². The van der Waals surface area contributed by atoms with E-state index < -0.39 is 6.04 Å². The van der Waals surface area contributed by atoms with Crippen molar-refractivity contribution in [3.8, 4) is 0 Å². The van der Waals surface area contributed by atoms with Gasteiger partial charge in [-0.25, -0.2) is 0 Å². The lowest BCUT2D eigenvalue weighted by atomic mass is 9.94. The normalized spacial score (nSPS) is 16.6. The first-order valence-electron chi connectivity index (χ1n) is 8.38. The highest BCUT2D eigenvalue weighted by molar-refractivity contribution is 7.80. The number of carbonyl (C=O) groups is 1. The molecule has 0 aliphatic carbocycles. The van der Waals surface area contributed by atoms with Crippen LogP contribution in [0.15, 0.2) is 47.7 Å². The lowest BCUT2D eigenvalue weighted by Gasteiger charge is -2.31. The SMILES string of the molecule is CC1=C(C(=O)Nc2cc(C)ccc2C)[C@H](c2ccc(Cl)cc2Cl)NC(=S)N1. The van der Waals surface area contributed by atoms with Crippen molar-refractivity contribution in [2.75, 3.05) is 5.32 Å². The maximum Gasteiger partial charge on any atom is 0.255 e. The molecule has 0 bridgehead atoms. The predicted octanol–water partition coefficient (Wildman–Crippen LogP) is 5.04. The number of aryl methyl sites for hydroxylation is 2. The quantitative estimate of drug-likeness (QED) is 0.609. The Morgan fingerprint density at radius 3 is 2.56 bits per heavy atom. The third-order valence-corrected chi connectivity index (χ3v) is 5.21. The van der Waals surface area contributed by atoms with Gasteiger partial charge in [-0.1, -0.05) is 41.4 Å². The highest BCUT2D eigenvalue weighted by Gasteiger charge is 2.31. The smallest absolute Gasteiger partial charge is 0.255 e. The molecule has 3 rings (SSSR count). The van der Waals surface area contributed by atoms with Gasteiger partial charge in [0.1, 0.15) is 0 Å². The molecular weight excluding hydrogens is 401 g/mol. The maximum atomic E-state index is 13.1. The molecule has 140 valence electrons. The molecule has 0 saturated heterocycles. The predicted molar refractivity (Wildman–Crippen MR) is 115 cm³/mol. The van der Waals surface area contributed by atoms with Crippen LogP contribution in [0.4, 0.5) is 5.69 Å². The van der Waals surface area contributed by atoms with Crippen molar-refractivity contribution < 1.29 is 4.79 Å². The van der Waals surface area contributed by atoms with Crippen molar-refractivity contribution in [1.29, 1.82) is 0 Å². The first kappa shape index (κ1) is 19.7. The van der Waals surface area contributed by atoms with Gasteiger partial charge in [-0.15, -0.1) is 0 Å². The summed E-state index contributed by atoms with van der Waals surface area (Å²) < 4.78 is 0. The Kier molecular flexibility index (Phi) is 5.75. The van der Waals surface area contributed by atoms with Gasteiger partial charge < -0.3 is 16.0 Å². The van der Waals surface area contributed by atoms with Crippen molar-refractivity contribution in [1.82, 2.24) is 10.6 Å². The number of anilines is 1. The van der Waals surface area contributed by atoms with E-state index in [2.05, 4.69) is 16.0 Å². The molecule has 0 aromatic heterocycles. The molecule has 0 radical (unpaired) electrons. The zero-order valence-corrected chi connectivity index (χ0v) is 17.4. The molecule has 0 fully saturated rings. The van der Waals surface area contributed by atoms with Gasteiger partial charge >= 0.3 is 0 Å². The molecular formula is C20H19Cl2N3OS. The van der Waals surface area contributed by atoms with E-state index in [1.54, 1.807) is 18.2 Å². The second kappa shape index (κ2) is 7.89. The van der Waals surface area contributed by atoms with E-state index in [1.165, 1.54) is 0 Å². The Balaban J connectivity index is 2.01. The number of benzene rings is 2. The van der Waals surface area contributed by atoms with Crippen LogP contribution in [-0.4, -0.2) is 11.0 Å². The molecule has 0 unspecified atom stereocenters. The van der Waals surface area contributed by atoms with E-state index in [1.807, 2.05) is 39.0 Å². The molecule has 1 amide bonds. The first-order valence-corrected chi connectivity index (χ1v) is 9.54. The lowest BCUT2D eigenvalue weighted by Crippen LogP contribution is -2.45. The van der Waals surface area contributed by atoms with Crippen LogP contribution in [0.2, 0.25) is 10.0 Å². The number of hydrogen-bond donors (Lipinski definition) is 3. The van der Waals surface area contributed by atoms with Crippen LogP contribution in [0, 0.1) is 13.8 Å². The average molecular weight is 420 g/mol. The van der Waals surface area contributed by atoms with Crippen molar-refractivity contribution in [2.24, 2.45) is 0 Å². The minimum atomic E-state index is -0.478. The van der Waals surface area contributed by atoms with Crippen LogP contribution in [0.1, 0.15) is 29.7 Å². The van der Waals surface area contributed by atoms with Crippen LogP contribution in [0.3, 0.4) is 0 Å². The number of carbonyl (C=O) groups excluding carboxylic acids is 1. The number of rotatable bonds is 3. The molecule has 1 aliphatic heterocycles. The summed E-state index contributed by atoms with van der Waals surface area (Å²) in [6.45, 7) is 5.76. The number of halogens is 2. The summed E-state index contributed by atoms with van der Waals surface area (Å²) >= 11 is 17.7. The van der Waals surface area contributed by atoms with E-state index >= 15 is 0 Å². The summed E-state index contributed by atoms with van der Waals surface area (Å²) in [5, 5.41) is 10.6. The first-order chi connectivity index (χ1) is 12.8. The van der Waals surface area contributed by atoms with Gasteiger partial charge in [-0.2, -0.15) is 0 Å². The number of nitrogens with one attached hydrogen (secondary N) is 3. The zero-order chi connectivity index (χ0) is 19.7.